The van der Waals surface area contributed by atoms with Gasteiger partial charge in [-0.05, 0) is 48.4 Å². The molecule has 0 fully saturated rings. The molecule has 0 bridgehead atoms. The van der Waals surface area contributed by atoms with Crippen LogP contribution in [-0.2, 0) is 10.0 Å². The van der Waals surface area contributed by atoms with Gasteiger partial charge in [0.25, 0.3) is 27.5 Å². The molecule has 0 aromatic heterocycles. The van der Waals surface area contributed by atoms with Gasteiger partial charge in [0.2, 0.25) is 0 Å². The summed E-state index contributed by atoms with van der Waals surface area (Å²) in [5.74, 6) is -1.23. The first-order chi connectivity index (χ1) is 16.6. The van der Waals surface area contributed by atoms with E-state index in [0.29, 0.717) is 12.2 Å². The highest BCUT2D eigenvalue weighted by Gasteiger charge is 2.20. The molecule has 0 unspecified atom stereocenters. The van der Waals surface area contributed by atoms with E-state index in [1.807, 2.05) is 18.6 Å². The Balaban J connectivity index is 1.76. The fourth-order valence-electron chi connectivity index (χ4n) is 3.07. The Morgan fingerprint density at radius 3 is 2.26 bits per heavy atom. The summed E-state index contributed by atoms with van der Waals surface area (Å²) in [5.41, 5.74) is 0.329. The van der Waals surface area contributed by atoms with Crippen LogP contribution in [0.1, 0.15) is 34.6 Å². The molecule has 0 radical (unpaired) electrons. The number of rotatable bonds is 9. The van der Waals surface area contributed by atoms with E-state index in [2.05, 4.69) is 10.6 Å². The molecule has 3 aromatic carbocycles. The Morgan fingerprint density at radius 1 is 0.914 bits per heavy atom. The summed E-state index contributed by atoms with van der Waals surface area (Å²) in [6, 6.07) is 17.2. The van der Waals surface area contributed by atoms with E-state index in [1.54, 1.807) is 6.07 Å². The number of nitro groups is 1. The SMILES string of the molecule is CC(C)CNc1ccc(C(=O)Nc2cccc(C(=O)NS(=O)(=O)c3ccccc3)c2)cc1[N+](=O)[O-]. The first kappa shape index (κ1) is 25.4. The predicted octanol–water partition coefficient (Wildman–Crippen LogP) is 4.03. The zero-order valence-corrected chi connectivity index (χ0v) is 19.8. The highest BCUT2D eigenvalue weighted by atomic mass is 32.2. The van der Waals surface area contributed by atoms with Crippen LogP contribution < -0.4 is 15.4 Å². The van der Waals surface area contributed by atoms with Crippen molar-refractivity contribution in [1.82, 2.24) is 4.72 Å². The fourth-order valence-corrected chi connectivity index (χ4v) is 4.06. The number of carbonyl (C=O) groups excluding carboxylic acids is 2. The van der Waals surface area contributed by atoms with Crippen LogP contribution in [0.15, 0.2) is 77.7 Å². The molecule has 0 aliphatic rings. The molecule has 2 amide bonds. The van der Waals surface area contributed by atoms with Crippen LogP contribution in [0.2, 0.25) is 0 Å². The highest BCUT2D eigenvalue weighted by molar-refractivity contribution is 7.90. The van der Waals surface area contributed by atoms with Crippen molar-refractivity contribution in [3.8, 4) is 0 Å². The summed E-state index contributed by atoms with van der Waals surface area (Å²) < 4.78 is 26.8. The maximum absolute atomic E-state index is 12.7. The second kappa shape index (κ2) is 10.8. The van der Waals surface area contributed by atoms with Crippen molar-refractivity contribution in [2.75, 3.05) is 17.2 Å². The van der Waals surface area contributed by atoms with Crippen LogP contribution in [-0.4, -0.2) is 31.7 Å². The third-order valence-corrected chi connectivity index (χ3v) is 6.17. The zero-order chi connectivity index (χ0) is 25.6. The molecule has 3 aromatic rings. The van der Waals surface area contributed by atoms with Crippen LogP contribution in [0.3, 0.4) is 0 Å². The van der Waals surface area contributed by atoms with Gasteiger partial charge in [-0.3, -0.25) is 19.7 Å². The quantitative estimate of drug-likeness (QED) is 0.299. The van der Waals surface area contributed by atoms with Gasteiger partial charge in [0.05, 0.1) is 9.82 Å². The molecule has 3 rings (SSSR count). The lowest BCUT2D eigenvalue weighted by Gasteiger charge is -2.11. The number of carbonyl (C=O) groups is 2. The lowest BCUT2D eigenvalue weighted by atomic mass is 10.1. The second-order valence-corrected chi connectivity index (χ2v) is 9.73. The Kier molecular flexibility index (Phi) is 7.82. The maximum Gasteiger partial charge on any atom is 0.293 e. The van der Waals surface area contributed by atoms with Crippen molar-refractivity contribution >= 4 is 38.9 Å². The third kappa shape index (κ3) is 6.64. The van der Waals surface area contributed by atoms with Crippen molar-refractivity contribution in [3.63, 3.8) is 0 Å². The minimum Gasteiger partial charge on any atom is -0.379 e. The molecular weight excluding hydrogens is 472 g/mol. The Hall–Kier alpha value is -4.25. The number of benzene rings is 3. The van der Waals surface area contributed by atoms with Crippen LogP contribution in [0.25, 0.3) is 0 Å². The second-order valence-electron chi connectivity index (χ2n) is 8.05. The predicted molar refractivity (Wildman–Crippen MR) is 132 cm³/mol. The number of hydrogen-bond acceptors (Lipinski definition) is 7. The molecule has 0 aliphatic carbocycles. The van der Waals surface area contributed by atoms with Crippen LogP contribution >= 0.6 is 0 Å². The normalized spacial score (nSPS) is 11.1. The van der Waals surface area contributed by atoms with Crippen LogP contribution in [0.4, 0.5) is 17.1 Å². The molecule has 182 valence electrons. The van der Waals surface area contributed by atoms with Gasteiger partial charge in [-0.2, -0.15) is 0 Å². The van der Waals surface area contributed by atoms with E-state index in [-0.39, 0.29) is 33.3 Å². The maximum atomic E-state index is 12.7. The van der Waals surface area contributed by atoms with E-state index in [0.717, 1.165) is 0 Å². The minimum absolute atomic E-state index is 0.00141. The monoisotopic (exact) mass is 496 g/mol. The number of sulfonamides is 1. The van der Waals surface area contributed by atoms with Gasteiger partial charge in [-0.15, -0.1) is 0 Å². The van der Waals surface area contributed by atoms with E-state index in [1.165, 1.54) is 66.7 Å². The molecule has 0 saturated heterocycles. The molecule has 0 aliphatic heterocycles. The summed E-state index contributed by atoms with van der Waals surface area (Å²) in [6.07, 6.45) is 0. The molecule has 0 saturated carbocycles. The Labute approximate surface area is 202 Å². The summed E-state index contributed by atoms with van der Waals surface area (Å²) in [5, 5.41) is 17.0. The van der Waals surface area contributed by atoms with E-state index in [9.17, 15) is 28.1 Å². The molecule has 10 nitrogen and oxygen atoms in total. The first-order valence-corrected chi connectivity index (χ1v) is 12.1. The number of hydrogen-bond donors (Lipinski definition) is 3. The van der Waals surface area contributed by atoms with E-state index < -0.39 is 26.8 Å². The smallest absolute Gasteiger partial charge is 0.293 e. The number of nitrogens with one attached hydrogen (secondary N) is 3. The largest absolute Gasteiger partial charge is 0.379 e. The summed E-state index contributed by atoms with van der Waals surface area (Å²) in [7, 11) is -4.07. The number of nitrogens with zero attached hydrogens (tertiary/aromatic N) is 1. The van der Waals surface area contributed by atoms with Gasteiger partial charge in [0.1, 0.15) is 5.69 Å². The number of anilines is 2. The molecular formula is C24H24N4O6S. The minimum atomic E-state index is -4.07. The number of nitro benzene ring substituents is 1. The number of amides is 2. The highest BCUT2D eigenvalue weighted by Crippen LogP contribution is 2.26. The molecule has 0 spiro atoms. The van der Waals surface area contributed by atoms with Gasteiger partial charge in [-0.1, -0.05) is 38.1 Å². The van der Waals surface area contributed by atoms with Crippen LogP contribution in [0.5, 0.6) is 0 Å². The van der Waals surface area contributed by atoms with Gasteiger partial charge in [-0.25, -0.2) is 13.1 Å². The average molecular weight is 497 g/mol. The van der Waals surface area contributed by atoms with Gasteiger partial charge < -0.3 is 10.6 Å². The van der Waals surface area contributed by atoms with Gasteiger partial charge in [0.15, 0.2) is 0 Å². The van der Waals surface area contributed by atoms with Gasteiger partial charge >= 0.3 is 0 Å². The molecule has 11 heteroatoms. The topological polar surface area (TPSA) is 148 Å². The van der Waals surface area contributed by atoms with Crippen molar-refractivity contribution in [2.24, 2.45) is 5.92 Å². The van der Waals surface area contributed by atoms with Crippen molar-refractivity contribution in [3.05, 3.63) is 94.0 Å². The van der Waals surface area contributed by atoms with E-state index in [4.69, 9.17) is 0 Å². The Bertz CT molecular complexity index is 1360. The van der Waals surface area contributed by atoms with Gasteiger partial charge in [0, 0.05) is 29.4 Å². The van der Waals surface area contributed by atoms with Crippen molar-refractivity contribution < 1.29 is 22.9 Å². The molecule has 0 heterocycles. The summed E-state index contributed by atoms with van der Waals surface area (Å²) in [6.45, 7) is 4.46. The van der Waals surface area contributed by atoms with Crippen molar-refractivity contribution in [2.45, 2.75) is 18.7 Å². The first-order valence-electron chi connectivity index (χ1n) is 10.6. The average Bonchev–Trinajstić information content (AvgIpc) is 2.83. The molecule has 0 atom stereocenters. The molecule has 3 N–H and O–H groups in total. The zero-order valence-electron chi connectivity index (χ0n) is 19.0. The lowest BCUT2D eigenvalue weighted by molar-refractivity contribution is -0.384. The summed E-state index contributed by atoms with van der Waals surface area (Å²) in [4.78, 5) is 36.1. The Morgan fingerprint density at radius 2 is 1.60 bits per heavy atom. The molecule has 35 heavy (non-hydrogen) atoms. The standard InChI is InChI=1S/C24H24N4O6S/c1-16(2)15-25-21-12-11-18(14-22(21)28(31)32)23(29)26-19-8-6-7-17(13-19)24(30)27-35(33,34)20-9-4-3-5-10-20/h3-14,16,25H,15H2,1-2H3,(H,26,29)(H,27,30). The lowest BCUT2D eigenvalue weighted by Crippen LogP contribution is -2.30. The van der Waals surface area contributed by atoms with Crippen LogP contribution in [0, 0.1) is 16.0 Å². The van der Waals surface area contributed by atoms with Crippen molar-refractivity contribution in [1.29, 1.82) is 0 Å². The van der Waals surface area contributed by atoms with E-state index >= 15 is 0 Å². The fraction of sp³-hybridized carbons (Fsp3) is 0.167. The summed E-state index contributed by atoms with van der Waals surface area (Å²) >= 11 is 0. The third-order valence-electron chi connectivity index (χ3n) is 4.82.